The molecular formula is C15H14N6O4. The first-order chi connectivity index (χ1) is 12.0. The molecule has 2 heterocycles. The van der Waals surface area contributed by atoms with Crippen LogP contribution in [-0.4, -0.2) is 44.5 Å². The minimum absolute atomic E-state index is 0.0967. The van der Waals surface area contributed by atoms with E-state index in [2.05, 4.69) is 25.9 Å². The highest BCUT2D eigenvalue weighted by Crippen LogP contribution is 2.20. The summed E-state index contributed by atoms with van der Waals surface area (Å²) in [5, 5.41) is 14.2. The number of hydrazone groups is 1. The number of benzene rings is 1. The summed E-state index contributed by atoms with van der Waals surface area (Å²) in [5.74, 6) is 0.564. The molecule has 0 spiro atoms. The van der Waals surface area contributed by atoms with Gasteiger partial charge >= 0.3 is 12.1 Å². The third-order valence-corrected chi connectivity index (χ3v) is 3.14. The smallest absolute Gasteiger partial charge is 0.431 e. The van der Waals surface area contributed by atoms with Gasteiger partial charge in [0.15, 0.2) is 11.6 Å². The molecule has 3 N–H and O–H groups in total. The summed E-state index contributed by atoms with van der Waals surface area (Å²) in [6, 6.07) is 5.88. The number of rotatable bonds is 3. The van der Waals surface area contributed by atoms with Gasteiger partial charge in [-0.2, -0.15) is 5.10 Å². The number of nitrogens with zero attached hydrogens (tertiary/aromatic N) is 4. The number of hydrazine groups is 1. The van der Waals surface area contributed by atoms with Crippen molar-refractivity contribution >= 4 is 17.8 Å². The van der Waals surface area contributed by atoms with E-state index < -0.39 is 12.1 Å². The number of hydrogen-bond acceptors (Lipinski definition) is 7. The normalized spacial score (nSPS) is 13.7. The van der Waals surface area contributed by atoms with Gasteiger partial charge in [0.25, 0.3) is 0 Å². The lowest BCUT2D eigenvalue weighted by molar-refractivity contribution is 0.151. The van der Waals surface area contributed by atoms with Gasteiger partial charge in [0.2, 0.25) is 0 Å². The summed E-state index contributed by atoms with van der Waals surface area (Å²) in [4.78, 5) is 31.6. The number of phenols is 1. The average Bonchev–Trinajstić information content (AvgIpc) is 2.59. The molecule has 1 aliphatic heterocycles. The van der Waals surface area contributed by atoms with Gasteiger partial charge in [-0.3, -0.25) is 0 Å². The molecule has 10 nitrogen and oxygen atoms in total. The van der Waals surface area contributed by atoms with Crippen molar-refractivity contribution < 1.29 is 19.4 Å². The van der Waals surface area contributed by atoms with Gasteiger partial charge in [-0.1, -0.05) is 12.1 Å². The molecule has 0 saturated heterocycles. The highest BCUT2D eigenvalue weighted by atomic mass is 16.6. The standard InChI is InChI=1S/C15H14N6O4/c1-9-8-21(14(23)19-18-9)20-15(24)25-12-6-16-13(17-7-12)10-3-2-4-11(22)5-10/h2-7,22H,8H2,1H3,(H,19,23)(H,20,24). The predicted molar refractivity (Wildman–Crippen MR) is 86.6 cm³/mol. The summed E-state index contributed by atoms with van der Waals surface area (Å²) in [6.45, 7) is 1.85. The SMILES string of the molecule is CC1=NNC(=O)N(NC(=O)Oc2cnc(-c3cccc(O)c3)nc2)C1. The molecule has 2 aromatic rings. The number of aromatic hydroxyl groups is 1. The molecule has 128 valence electrons. The Balaban J connectivity index is 1.62. The van der Waals surface area contributed by atoms with E-state index in [4.69, 9.17) is 4.74 Å². The second-order valence-electron chi connectivity index (χ2n) is 5.14. The topological polar surface area (TPSA) is 129 Å². The number of phenolic OH excluding ortho intramolecular Hbond substituents is 1. The Morgan fingerprint density at radius 2 is 2.12 bits per heavy atom. The molecular weight excluding hydrogens is 328 g/mol. The molecule has 0 radical (unpaired) electrons. The molecule has 1 aromatic carbocycles. The third kappa shape index (κ3) is 3.99. The van der Waals surface area contributed by atoms with E-state index in [9.17, 15) is 14.7 Å². The second-order valence-corrected chi connectivity index (χ2v) is 5.14. The summed E-state index contributed by atoms with van der Waals surface area (Å²) < 4.78 is 5.03. The number of carbonyl (C=O) groups excluding carboxylic acids is 2. The Hall–Kier alpha value is -3.69. The lowest BCUT2D eigenvalue weighted by Gasteiger charge is -2.24. The molecule has 3 rings (SSSR count). The monoisotopic (exact) mass is 342 g/mol. The number of hydrogen-bond donors (Lipinski definition) is 3. The molecule has 3 amide bonds. The molecule has 10 heteroatoms. The zero-order valence-electron chi connectivity index (χ0n) is 13.1. The molecule has 0 atom stereocenters. The van der Waals surface area contributed by atoms with E-state index in [0.717, 1.165) is 5.01 Å². The van der Waals surface area contributed by atoms with Crippen LogP contribution in [0, 0.1) is 0 Å². The van der Waals surface area contributed by atoms with Crippen LogP contribution >= 0.6 is 0 Å². The Kier molecular flexibility index (Phi) is 4.42. The number of amides is 3. The van der Waals surface area contributed by atoms with Gasteiger partial charge in [-0.25, -0.2) is 35.4 Å². The summed E-state index contributed by atoms with van der Waals surface area (Å²) in [7, 11) is 0. The van der Waals surface area contributed by atoms with E-state index in [-0.39, 0.29) is 18.0 Å². The fourth-order valence-electron chi connectivity index (χ4n) is 2.03. The first-order valence-electron chi connectivity index (χ1n) is 7.22. The Bertz CT molecular complexity index is 836. The predicted octanol–water partition coefficient (Wildman–Crippen LogP) is 1.25. The van der Waals surface area contributed by atoms with Crippen LogP contribution in [0.4, 0.5) is 9.59 Å². The van der Waals surface area contributed by atoms with Gasteiger partial charge in [0.05, 0.1) is 24.7 Å². The minimum Gasteiger partial charge on any atom is -0.508 e. The Morgan fingerprint density at radius 1 is 1.36 bits per heavy atom. The van der Waals surface area contributed by atoms with Crippen LogP contribution in [0.2, 0.25) is 0 Å². The van der Waals surface area contributed by atoms with Crippen molar-refractivity contribution in [2.24, 2.45) is 5.10 Å². The maximum atomic E-state index is 11.8. The fraction of sp³-hybridized carbons (Fsp3) is 0.133. The maximum absolute atomic E-state index is 11.8. The summed E-state index contributed by atoms with van der Waals surface area (Å²) in [5.41, 5.74) is 5.78. The number of carbonyl (C=O) groups is 2. The van der Waals surface area contributed by atoms with Gasteiger partial charge in [0.1, 0.15) is 5.75 Å². The fourth-order valence-corrected chi connectivity index (χ4v) is 2.03. The van der Waals surface area contributed by atoms with Crippen molar-refractivity contribution in [3.05, 3.63) is 36.7 Å². The minimum atomic E-state index is -0.862. The lowest BCUT2D eigenvalue weighted by atomic mass is 10.2. The highest BCUT2D eigenvalue weighted by molar-refractivity contribution is 5.92. The number of nitrogens with one attached hydrogen (secondary N) is 2. The van der Waals surface area contributed by atoms with E-state index in [1.54, 1.807) is 19.1 Å². The molecule has 0 aliphatic carbocycles. The molecule has 0 unspecified atom stereocenters. The number of aromatic nitrogens is 2. The molecule has 1 aromatic heterocycles. The second kappa shape index (κ2) is 6.83. The molecule has 0 fully saturated rings. The largest absolute Gasteiger partial charge is 0.508 e. The third-order valence-electron chi connectivity index (χ3n) is 3.14. The first-order valence-corrected chi connectivity index (χ1v) is 7.22. The van der Waals surface area contributed by atoms with Crippen LogP contribution in [0.1, 0.15) is 6.92 Å². The van der Waals surface area contributed by atoms with Crippen LogP contribution in [0.25, 0.3) is 11.4 Å². The quantitative estimate of drug-likeness (QED) is 0.770. The van der Waals surface area contributed by atoms with Crippen LogP contribution in [0.3, 0.4) is 0 Å². The van der Waals surface area contributed by atoms with Crippen LogP contribution in [-0.2, 0) is 0 Å². The van der Waals surface area contributed by atoms with E-state index in [0.29, 0.717) is 17.1 Å². The first kappa shape index (κ1) is 16.2. The van der Waals surface area contributed by atoms with E-state index >= 15 is 0 Å². The highest BCUT2D eigenvalue weighted by Gasteiger charge is 2.21. The van der Waals surface area contributed by atoms with Crippen molar-refractivity contribution in [2.45, 2.75) is 6.92 Å². The lowest BCUT2D eigenvalue weighted by Crippen LogP contribution is -2.54. The summed E-state index contributed by atoms with van der Waals surface area (Å²) in [6.07, 6.45) is 1.77. The van der Waals surface area contributed by atoms with Crippen molar-refractivity contribution in [3.8, 4) is 22.9 Å². The van der Waals surface area contributed by atoms with Gasteiger partial charge in [-0.05, 0) is 19.1 Å². The van der Waals surface area contributed by atoms with Crippen molar-refractivity contribution in [1.29, 1.82) is 0 Å². The van der Waals surface area contributed by atoms with Gasteiger partial charge in [0, 0.05) is 5.56 Å². The molecule has 25 heavy (non-hydrogen) atoms. The van der Waals surface area contributed by atoms with Gasteiger partial charge in [-0.15, -0.1) is 0 Å². The van der Waals surface area contributed by atoms with E-state index in [1.165, 1.54) is 24.5 Å². The summed E-state index contributed by atoms with van der Waals surface area (Å²) >= 11 is 0. The van der Waals surface area contributed by atoms with Crippen molar-refractivity contribution in [1.82, 2.24) is 25.8 Å². The maximum Gasteiger partial charge on any atom is 0.431 e. The van der Waals surface area contributed by atoms with Crippen molar-refractivity contribution in [2.75, 3.05) is 6.54 Å². The molecule has 1 aliphatic rings. The van der Waals surface area contributed by atoms with Crippen LogP contribution in [0.5, 0.6) is 11.5 Å². The molecule has 0 bridgehead atoms. The van der Waals surface area contributed by atoms with Crippen LogP contribution < -0.4 is 15.6 Å². The zero-order chi connectivity index (χ0) is 17.8. The Morgan fingerprint density at radius 3 is 2.84 bits per heavy atom. The number of urea groups is 1. The van der Waals surface area contributed by atoms with E-state index in [1.807, 2.05) is 0 Å². The van der Waals surface area contributed by atoms with Gasteiger partial charge < -0.3 is 9.84 Å². The zero-order valence-corrected chi connectivity index (χ0v) is 13.1. The Labute approximate surface area is 142 Å². The average molecular weight is 342 g/mol. The van der Waals surface area contributed by atoms with Crippen LogP contribution in [0.15, 0.2) is 41.8 Å². The molecule has 0 saturated carbocycles. The number of ether oxygens (including phenoxy) is 1. The van der Waals surface area contributed by atoms with Crippen molar-refractivity contribution in [3.63, 3.8) is 0 Å².